The van der Waals surface area contributed by atoms with Gasteiger partial charge in [-0.1, -0.05) is 13.8 Å². The summed E-state index contributed by atoms with van der Waals surface area (Å²) in [4.78, 5) is 12.3. The second-order valence-corrected chi connectivity index (χ2v) is 9.98. The van der Waals surface area contributed by atoms with Crippen molar-refractivity contribution in [2.75, 3.05) is 6.61 Å². The summed E-state index contributed by atoms with van der Waals surface area (Å²) in [5, 5.41) is 19.4. The molecule has 0 aliphatic heterocycles. The highest BCUT2D eigenvalue weighted by molar-refractivity contribution is 5.83. The maximum absolute atomic E-state index is 15.6. The molecule has 0 aromatic carbocycles. The normalized spacial score (nSPS) is 55.2. The molecule has 3 nitrogen and oxygen atoms in total. The molecule has 0 radical (unpaired) electrons. The summed E-state index contributed by atoms with van der Waals surface area (Å²) in [6.45, 7) is 3.99. The van der Waals surface area contributed by atoms with Crippen molar-refractivity contribution in [2.45, 2.75) is 77.5 Å². The van der Waals surface area contributed by atoms with Gasteiger partial charge in [0, 0.05) is 5.92 Å². The number of fused-ring (bicyclic) bond motifs is 5. The van der Waals surface area contributed by atoms with Crippen LogP contribution < -0.4 is 0 Å². The molecular weight excluding hydrogens is 319 g/mol. The summed E-state index contributed by atoms with van der Waals surface area (Å²) in [6.07, 6.45) is 5.92. The zero-order chi connectivity index (χ0) is 18.0. The molecule has 2 N–H and O–H groups in total. The van der Waals surface area contributed by atoms with E-state index < -0.39 is 12.8 Å². The molecule has 25 heavy (non-hydrogen) atoms. The quantitative estimate of drug-likeness (QED) is 0.799. The van der Waals surface area contributed by atoms with Crippen LogP contribution in [0.4, 0.5) is 4.39 Å². The molecule has 0 amide bonds. The van der Waals surface area contributed by atoms with Gasteiger partial charge < -0.3 is 10.2 Å². The fourth-order valence-corrected chi connectivity index (χ4v) is 7.93. The van der Waals surface area contributed by atoms with Crippen molar-refractivity contribution in [3.8, 4) is 0 Å². The first-order valence-corrected chi connectivity index (χ1v) is 10.3. The Balaban J connectivity index is 1.65. The molecule has 4 rings (SSSR count). The van der Waals surface area contributed by atoms with Crippen molar-refractivity contribution in [3.63, 3.8) is 0 Å². The summed E-state index contributed by atoms with van der Waals surface area (Å²) in [5.74, 6) is 1.05. The molecule has 4 heteroatoms. The van der Waals surface area contributed by atoms with Crippen molar-refractivity contribution < 1.29 is 19.4 Å². The highest BCUT2D eigenvalue weighted by atomic mass is 19.1. The molecule has 0 saturated heterocycles. The Kier molecular flexibility index (Phi) is 4.31. The maximum Gasteiger partial charge on any atom is 0.161 e. The Morgan fingerprint density at radius 2 is 1.88 bits per heavy atom. The first-order chi connectivity index (χ1) is 11.8. The van der Waals surface area contributed by atoms with E-state index in [0.717, 1.165) is 44.9 Å². The molecule has 0 unspecified atom stereocenters. The lowest BCUT2D eigenvalue weighted by Gasteiger charge is -2.61. The summed E-state index contributed by atoms with van der Waals surface area (Å²) < 4.78 is 15.6. The number of ketones is 1. The minimum Gasteiger partial charge on any atom is -0.393 e. The Bertz CT molecular complexity index is 551. The molecule has 0 aromatic rings. The van der Waals surface area contributed by atoms with Crippen molar-refractivity contribution in [1.29, 1.82) is 0 Å². The molecule has 4 fully saturated rings. The van der Waals surface area contributed by atoms with Crippen LogP contribution in [0.15, 0.2) is 0 Å². The number of rotatable bonds is 2. The highest BCUT2D eigenvalue weighted by Crippen LogP contribution is 2.68. The fraction of sp³-hybridized carbons (Fsp3) is 0.952. The lowest BCUT2D eigenvalue weighted by molar-refractivity contribution is -0.162. The number of carbonyl (C=O) groups is 1. The minimum atomic E-state index is -0.860. The Morgan fingerprint density at radius 3 is 2.60 bits per heavy atom. The van der Waals surface area contributed by atoms with Gasteiger partial charge in [0.15, 0.2) is 5.78 Å². The van der Waals surface area contributed by atoms with Crippen LogP contribution in [-0.4, -0.2) is 34.9 Å². The van der Waals surface area contributed by atoms with Crippen LogP contribution in [0, 0.1) is 40.4 Å². The number of carbonyl (C=O) groups excluding carboxylic acids is 1. The molecule has 0 bridgehead atoms. The zero-order valence-corrected chi connectivity index (χ0v) is 15.6. The van der Waals surface area contributed by atoms with Gasteiger partial charge in [0.2, 0.25) is 0 Å². The number of Topliss-reactive ketones (excluding diaryl/α,β-unsaturated/α-hetero) is 1. The van der Waals surface area contributed by atoms with Crippen LogP contribution in [0.25, 0.3) is 0 Å². The summed E-state index contributed by atoms with van der Waals surface area (Å²) in [7, 11) is 0. The van der Waals surface area contributed by atoms with E-state index in [9.17, 15) is 15.0 Å². The van der Waals surface area contributed by atoms with Gasteiger partial charge in [-0.2, -0.15) is 0 Å². The number of halogens is 1. The van der Waals surface area contributed by atoms with E-state index in [0.29, 0.717) is 24.2 Å². The van der Waals surface area contributed by atoms with E-state index in [1.807, 2.05) is 0 Å². The van der Waals surface area contributed by atoms with Crippen LogP contribution in [-0.2, 0) is 4.79 Å². The lowest BCUT2D eigenvalue weighted by atomic mass is 9.44. The average Bonchev–Trinajstić information content (AvgIpc) is 2.91. The maximum atomic E-state index is 15.6. The molecule has 0 aromatic heterocycles. The number of aliphatic hydroxyl groups excluding tert-OH is 2. The van der Waals surface area contributed by atoms with E-state index >= 15 is 4.39 Å². The van der Waals surface area contributed by atoms with Gasteiger partial charge in [0.25, 0.3) is 0 Å². The second-order valence-electron chi connectivity index (χ2n) is 9.98. The third kappa shape index (κ3) is 2.46. The van der Waals surface area contributed by atoms with Crippen LogP contribution >= 0.6 is 0 Å². The second kappa shape index (κ2) is 6.02. The highest BCUT2D eigenvalue weighted by Gasteiger charge is 2.64. The Morgan fingerprint density at radius 1 is 1.12 bits per heavy atom. The number of hydrogen-bond acceptors (Lipinski definition) is 3. The Labute approximate surface area is 150 Å². The van der Waals surface area contributed by atoms with Gasteiger partial charge in [-0.25, -0.2) is 4.39 Å². The number of aliphatic hydroxyl groups is 2. The van der Waals surface area contributed by atoms with E-state index in [1.54, 1.807) is 0 Å². The number of hydrogen-bond donors (Lipinski definition) is 2. The monoisotopic (exact) mass is 352 g/mol. The third-order valence-electron chi connectivity index (χ3n) is 9.07. The van der Waals surface area contributed by atoms with E-state index in [4.69, 9.17) is 0 Å². The van der Waals surface area contributed by atoms with Gasteiger partial charge >= 0.3 is 0 Å². The summed E-state index contributed by atoms with van der Waals surface area (Å²) in [6, 6.07) is 0. The van der Waals surface area contributed by atoms with Gasteiger partial charge in [-0.05, 0) is 85.9 Å². The standard InChI is InChI=1S/C21H33FO3/c1-20-8-7-13(24)9-12(20)3-4-14-15-5-6-16(18(25)11-23)21(15,2)10-17(22)19(14)20/h12-17,19,23-24H,3-11H2,1-2H3/t12-,13-,14+,15+,16-,17-,19-,20+,21+/m1/s1. The number of alkyl halides is 1. The van der Waals surface area contributed by atoms with Crippen LogP contribution in [0.5, 0.6) is 0 Å². The first kappa shape index (κ1) is 17.9. The van der Waals surface area contributed by atoms with Gasteiger partial charge in [-0.15, -0.1) is 0 Å². The average molecular weight is 352 g/mol. The predicted octanol–water partition coefficient (Wildman–Crippen LogP) is 3.52. The van der Waals surface area contributed by atoms with E-state index in [-0.39, 0.29) is 34.6 Å². The van der Waals surface area contributed by atoms with Crippen molar-refractivity contribution >= 4 is 5.78 Å². The Hall–Kier alpha value is -0.480. The largest absolute Gasteiger partial charge is 0.393 e. The summed E-state index contributed by atoms with van der Waals surface area (Å²) in [5.41, 5.74) is -0.278. The third-order valence-corrected chi connectivity index (χ3v) is 9.07. The molecule has 4 aliphatic carbocycles. The van der Waals surface area contributed by atoms with Crippen molar-refractivity contribution in [3.05, 3.63) is 0 Å². The molecule has 4 aliphatic rings. The molecular formula is C21H33FO3. The van der Waals surface area contributed by atoms with E-state index in [2.05, 4.69) is 13.8 Å². The SMILES string of the molecule is C[C@]12CC[C@@H](O)C[C@H]1CC[C@@H]1[C@@H]2[C@H](F)C[C@]2(C)[C@@H](C(=O)CO)CC[C@@H]12. The topological polar surface area (TPSA) is 57.5 Å². The van der Waals surface area contributed by atoms with Crippen LogP contribution in [0.2, 0.25) is 0 Å². The molecule has 9 atom stereocenters. The van der Waals surface area contributed by atoms with Gasteiger partial charge in [0.05, 0.1) is 6.10 Å². The van der Waals surface area contributed by atoms with Crippen LogP contribution in [0.3, 0.4) is 0 Å². The molecule has 142 valence electrons. The minimum absolute atomic E-state index is 0.00195. The first-order valence-electron chi connectivity index (χ1n) is 10.3. The van der Waals surface area contributed by atoms with Crippen molar-refractivity contribution in [1.82, 2.24) is 0 Å². The smallest absolute Gasteiger partial charge is 0.161 e. The molecule has 4 saturated carbocycles. The van der Waals surface area contributed by atoms with Crippen LogP contribution in [0.1, 0.15) is 65.2 Å². The van der Waals surface area contributed by atoms with Gasteiger partial charge in [-0.3, -0.25) is 4.79 Å². The van der Waals surface area contributed by atoms with E-state index in [1.165, 1.54) is 0 Å². The zero-order valence-electron chi connectivity index (χ0n) is 15.6. The lowest BCUT2D eigenvalue weighted by Crippen LogP contribution is -2.58. The van der Waals surface area contributed by atoms with Crippen molar-refractivity contribution in [2.24, 2.45) is 40.4 Å². The fourth-order valence-electron chi connectivity index (χ4n) is 7.93. The van der Waals surface area contributed by atoms with Gasteiger partial charge in [0.1, 0.15) is 12.8 Å². The molecule has 0 spiro atoms. The molecule has 0 heterocycles. The summed E-state index contributed by atoms with van der Waals surface area (Å²) >= 11 is 0. The predicted molar refractivity (Wildman–Crippen MR) is 93.6 cm³/mol.